The molecule has 158 valence electrons. The first-order valence-electron chi connectivity index (χ1n) is 9.29. The van der Waals surface area contributed by atoms with E-state index in [9.17, 15) is 18.0 Å². The van der Waals surface area contributed by atoms with E-state index in [0.29, 0.717) is 23.9 Å². The number of carbonyl (C=O) groups excluding carboxylic acids is 1. The van der Waals surface area contributed by atoms with Crippen LogP contribution >= 0.6 is 0 Å². The van der Waals surface area contributed by atoms with Crippen LogP contribution in [0, 0.1) is 0 Å². The van der Waals surface area contributed by atoms with Crippen molar-refractivity contribution in [3.8, 4) is 17.0 Å². The van der Waals surface area contributed by atoms with Crippen molar-refractivity contribution >= 4 is 17.4 Å². The first-order chi connectivity index (χ1) is 14.4. The second kappa shape index (κ2) is 7.81. The highest BCUT2D eigenvalue weighted by atomic mass is 19.4. The molecule has 1 fully saturated rings. The Morgan fingerprint density at radius 2 is 2.03 bits per heavy atom. The third-order valence-corrected chi connectivity index (χ3v) is 4.92. The van der Waals surface area contributed by atoms with Gasteiger partial charge in [0.25, 0.3) is 0 Å². The minimum atomic E-state index is -4.28. The lowest BCUT2D eigenvalue weighted by molar-refractivity contribution is -0.145. The largest absolute Gasteiger partial charge is 0.481 e. The quantitative estimate of drug-likeness (QED) is 0.631. The maximum Gasteiger partial charge on any atom is 0.390 e. The Morgan fingerprint density at radius 1 is 1.20 bits per heavy atom. The molecule has 1 amide bonds. The van der Waals surface area contributed by atoms with Crippen molar-refractivity contribution in [3.63, 3.8) is 0 Å². The molecule has 4 rings (SSSR count). The van der Waals surface area contributed by atoms with Crippen LogP contribution in [0.4, 0.5) is 19.0 Å². The van der Waals surface area contributed by atoms with Gasteiger partial charge < -0.3 is 14.5 Å². The average molecular weight is 420 g/mol. The fraction of sp³-hybridized carbons (Fsp3) is 0.368. The smallest absolute Gasteiger partial charge is 0.390 e. The van der Waals surface area contributed by atoms with E-state index in [-0.39, 0.29) is 25.5 Å². The van der Waals surface area contributed by atoms with Crippen molar-refractivity contribution < 1.29 is 22.7 Å². The lowest BCUT2D eigenvalue weighted by atomic mass is 10.1. The van der Waals surface area contributed by atoms with Crippen molar-refractivity contribution in [2.24, 2.45) is 0 Å². The van der Waals surface area contributed by atoms with Crippen molar-refractivity contribution in [3.05, 3.63) is 36.8 Å². The molecule has 0 atom stereocenters. The zero-order valence-corrected chi connectivity index (χ0v) is 16.1. The molecule has 1 saturated heterocycles. The maximum absolute atomic E-state index is 12.4. The zero-order chi connectivity index (χ0) is 21.3. The van der Waals surface area contributed by atoms with E-state index in [1.165, 1.54) is 12.0 Å². The van der Waals surface area contributed by atoms with Gasteiger partial charge >= 0.3 is 6.18 Å². The van der Waals surface area contributed by atoms with E-state index in [0.717, 1.165) is 11.1 Å². The van der Waals surface area contributed by atoms with Crippen LogP contribution in [-0.2, 0) is 4.79 Å². The molecule has 1 aliphatic heterocycles. The number of ether oxygens (including phenoxy) is 1. The summed E-state index contributed by atoms with van der Waals surface area (Å²) in [5.41, 5.74) is 2.01. The Bertz CT molecular complexity index is 1070. The number of hydrogen-bond acceptors (Lipinski definition) is 6. The maximum atomic E-state index is 12.4. The molecule has 0 spiro atoms. The van der Waals surface area contributed by atoms with Crippen molar-refractivity contribution in [2.45, 2.75) is 12.6 Å². The summed E-state index contributed by atoms with van der Waals surface area (Å²) in [7, 11) is 1.53. The second-order valence-electron chi connectivity index (χ2n) is 6.84. The summed E-state index contributed by atoms with van der Waals surface area (Å²) in [4.78, 5) is 24.2. The number of carbonyl (C=O) groups is 1. The molecule has 8 nitrogen and oxygen atoms in total. The van der Waals surface area contributed by atoms with Gasteiger partial charge in [-0.2, -0.15) is 18.3 Å². The zero-order valence-electron chi connectivity index (χ0n) is 16.1. The van der Waals surface area contributed by atoms with E-state index in [4.69, 9.17) is 4.74 Å². The molecule has 0 N–H and O–H groups in total. The van der Waals surface area contributed by atoms with Crippen LogP contribution in [0.5, 0.6) is 5.88 Å². The van der Waals surface area contributed by atoms with Gasteiger partial charge in [0, 0.05) is 37.6 Å². The van der Waals surface area contributed by atoms with E-state index in [1.54, 1.807) is 40.1 Å². The molecule has 11 heteroatoms. The molecule has 0 aromatic carbocycles. The van der Waals surface area contributed by atoms with E-state index in [2.05, 4.69) is 15.1 Å². The summed E-state index contributed by atoms with van der Waals surface area (Å²) in [6.45, 7) is 0.258. The highest BCUT2D eigenvalue weighted by Crippen LogP contribution is 2.31. The minimum absolute atomic E-state index is 0.0271. The summed E-state index contributed by atoms with van der Waals surface area (Å²) < 4.78 is 44.3. The molecule has 3 aromatic rings. The van der Waals surface area contributed by atoms with Gasteiger partial charge in [-0.05, 0) is 18.2 Å². The number of amides is 1. The van der Waals surface area contributed by atoms with Crippen LogP contribution in [0.25, 0.3) is 16.8 Å². The summed E-state index contributed by atoms with van der Waals surface area (Å²) in [6, 6.07) is 5.35. The number of alkyl halides is 3. The number of rotatable bonds is 5. The topological polar surface area (TPSA) is 75.9 Å². The van der Waals surface area contributed by atoms with Crippen LogP contribution in [0.3, 0.4) is 0 Å². The summed E-state index contributed by atoms with van der Waals surface area (Å²) in [5.74, 6) is 0.638. The molecular formula is C19H19F3N6O2. The molecular weight excluding hydrogens is 401 g/mol. The lowest BCUT2D eigenvalue weighted by Crippen LogP contribution is -2.51. The Morgan fingerprint density at radius 3 is 2.77 bits per heavy atom. The number of hydrogen-bond donors (Lipinski definition) is 0. The highest BCUT2D eigenvalue weighted by Gasteiger charge is 2.31. The Balaban J connectivity index is 1.57. The van der Waals surface area contributed by atoms with Crippen molar-refractivity contribution in [1.29, 1.82) is 0 Å². The summed E-state index contributed by atoms with van der Waals surface area (Å²) in [5, 5.41) is 4.30. The highest BCUT2D eigenvalue weighted by molar-refractivity contribution is 5.83. The van der Waals surface area contributed by atoms with Gasteiger partial charge in [-0.3, -0.25) is 4.79 Å². The molecule has 0 aliphatic carbocycles. The third-order valence-electron chi connectivity index (χ3n) is 4.92. The van der Waals surface area contributed by atoms with Gasteiger partial charge in [0.15, 0.2) is 5.65 Å². The number of nitrogens with zero attached hydrogens (tertiary/aromatic N) is 6. The fourth-order valence-corrected chi connectivity index (χ4v) is 3.39. The third kappa shape index (κ3) is 4.00. The Labute approximate surface area is 169 Å². The Hall–Kier alpha value is -3.37. The number of pyridine rings is 1. The number of anilines is 1. The van der Waals surface area contributed by atoms with Crippen LogP contribution in [0.2, 0.25) is 0 Å². The fourth-order valence-electron chi connectivity index (χ4n) is 3.39. The second-order valence-corrected chi connectivity index (χ2v) is 6.84. The van der Waals surface area contributed by atoms with E-state index in [1.807, 2.05) is 6.07 Å². The number of piperazine rings is 1. The van der Waals surface area contributed by atoms with E-state index < -0.39 is 12.6 Å². The van der Waals surface area contributed by atoms with Gasteiger partial charge in [0.1, 0.15) is 5.82 Å². The predicted molar refractivity (Wildman–Crippen MR) is 102 cm³/mol. The SMILES string of the molecule is COc1ncccc1-c1cnn2ccc(N3CCN(CCC(F)(F)F)C(=O)C3)nc12. The van der Waals surface area contributed by atoms with Gasteiger partial charge in [0.2, 0.25) is 11.8 Å². The molecule has 0 bridgehead atoms. The van der Waals surface area contributed by atoms with Crippen LogP contribution < -0.4 is 9.64 Å². The van der Waals surface area contributed by atoms with Crippen LogP contribution in [-0.4, -0.2) is 69.9 Å². The van der Waals surface area contributed by atoms with Crippen molar-refractivity contribution in [1.82, 2.24) is 24.5 Å². The molecule has 0 saturated carbocycles. The predicted octanol–water partition coefficient (Wildman–Crippen LogP) is 2.40. The van der Waals surface area contributed by atoms with E-state index >= 15 is 0 Å². The van der Waals surface area contributed by atoms with Gasteiger partial charge in [-0.1, -0.05) is 0 Å². The first-order valence-corrected chi connectivity index (χ1v) is 9.29. The number of methoxy groups -OCH3 is 1. The monoisotopic (exact) mass is 420 g/mol. The molecule has 0 radical (unpaired) electrons. The number of fused-ring (bicyclic) bond motifs is 1. The van der Waals surface area contributed by atoms with Gasteiger partial charge in [0.05, 0.1) is 31.8 Å². The first kappa shape index (κ1) is 19.9. The average Bonchev–Trinajstić information content (AvgIpc) is 3.15. The summed E-state index contributed by atoms with van der Waals surface area (Å²) >= 11 is 0. The normalized spacial score (nSPS) is 15.1. The molecule has 4 heterocycles. The lowest BCUT2D eigenvalue weighted by Gasteiger charge is -2.35. The minimum Gasteiger partial charge on any atom is -0.481 e. The Kier molecular flexibility index (Phi) is 5.18. The number of aromatic nitrogens is 4. The molecule has 30 heavy (non-hydrogen) atoms. The number of halogens is 3. The molecule has 0 unspecified atom stereocenters. The van der Waals surface area contributed by atoms with Gasteiger partial charge in [-0.15, -0.1) is 0 Å². The molecule has 3 aromatic heterocycles. The standard InChI is InChI=1S/C19H19F3N6O2/c1-30-18-13(3-2-6-23-18)14-11-24-28-7-4-15(25-17(14)28)27-10-9-26(16(29)12-27)8-5-19(20,21)22/h2-4,6-7,11H,5,8-10,12H2,1H3. The molecule has 1 aliphatic rings. The summed E-state index contributed by atoms with van der Waals surface area (Å²) in [6.07, 6.45) is -0.280. The van der Waals surface area contributed by atoms with Crippen molar-refractivity contribution in [2.75, 3.05) is 38.2 Å². The van der Waals surface area contributed by atoms with Crippen LogP contribution in [0.15, 0.2) is 36.8 Å². The van der Waals surface area contributed by atoms with Crippen LogP contribution in [0.1, 0.15) is 6.42 Å². The van der Waals surface area contributed by atoms with Gasteiger partial charge in [-0.25, -0.2) is 14.5 Å².